The van der Waals surface area contributed by atoms with Crippen molar-refractivity contribution in [3.05, 3.63) is 58.6 Å². The number of nitrogens with zero attached hydrogens (tertiary/aromatic N) is 1. The van der Waals surface area contributed by atoms with Gasteiger partial charge in [-0.15, -0.1) is 0 Å². The number of hydrogen-bond donors (Lipinski definition) is 1. The molecular weight excluding hydrogens is 314 g/mol. The molecule has 114 valence electrons. The van der Waals surface area contributed by atoms with Gasteiger partial charge in [0.1, 0.15) is 5.75 Å². The van der Waals surface area contributed by atoms with Gasteiger partial charge in [-0.25, -0.2) is 0 Å². The molecule has 2 aromatic rings. The SMILES string of the molecule is CN(C)CC/C=C1/c2ccc(O)cc2Sc2ccc(Cl)cc21. The molecule has 0 amide bonds. The van der Waals surface area contributed by atoms with Gasteiger partial charge in [0, 0.05) is 21.4 Å². The molecule has 22 heavy (non-hydrogen) atoms. The number of phenolic OH excluding ortho intramolecular Hbond substituents is 1. The van der Waals surface area contributed by atoms with Crippen LogP contribution in [0.15, 0.2) is 52.3 Å². The monoisotopic (exact) mass is 331 g/mol. The summed E-state index contributed by atoms with van der Waals surface area (Å²) < 4.78 is 0. The van der Waals surface area contributed by atoms with E-state index in [9.17, 15) is 5.11 Å². The largest absolute Gasteiger partial charge is 0.508 e. The third-order valence-electron chi connectivity index (χ3n) is 3.63. The van der Waals surface area contributed by atoms with Crippen LogP contribution in [-0.4, -0.2) is 30.6 Å². The maximum atomic E-state index is 9.75. The number of fused-ring (bicyclic) bond motifs is 2. The van der Waals surface area contributed by atoms with Gasteiger partial charge in [0.2, 0.25) is 0 Å². The highest BCUT2D eigenvalue weighted by Gasteiger charge is 2.21. The van der Waals surface area contributed by atoms with Crippen LogP contribution in [0.2, 0.25) is 5.02 Å². The van der Waals surface area contributed by atoms with Gasteiger partial charge in [0.15, 0.2) is 0 Å². The fraction of sp³-hybridized carbons (Fsp3) is 0.222. The highest BCUT2D eigenvalue weighted by molar-refractivity contribution is 7.99. The Bertz CT molecular complexity index is 740. The molecule has 4 heteroatoms. The molecular formula is C18H18ClNOS. The lowest BCUT2D eigenvalue weighted by Gasteiger charge is -2.23. The molecule has 0 aliphatic carbocycles. The molecule has 0 saturated heterocycles. The zero-order valence-electron chi connectivity index (χ0n) is 12.6. The Hall–Kier alpha value is -1.42. The summed E-state index contributed by atoms with van der Waals surface area (Å²) in [4.78, 5) is 4.44. The molecule has 2 aromatic carbocycles. The first-order valence-electron chi connectivity index (χ1n) is 7.20. The van der Waals surface area contributed by atoms with Crippen molar-refractivity contribution in [3.8, 4) is 5.75 Å². The van der Waals surface area contributed by atoms with Gasteiger partial charge in [0.05, 0.1) is 0 Å². The minimum Gasteiger partial charge on any atom is -0.508 e. The molecule has 0 bridgehead atoms. The Kier molecular flexibility index (Phi) is 4.48. The molecule has 0 aromatic heterocycles. The first kappa shape index (κ1) is 15.5. The lowest BCUT2D eigenvalue weighted by atomic mass is 9.96. The van der Waals surface area contributed by atoms with Gasteiger partial charge in [-0.2, -0.15) is 0 Å². The summed E-state index contributed by atoms with van der Waals surface area (Å²) in [5, 5.41) is 10.5. The van der Waals surface area contributed by atoms with Gasteiger partial charge < -0.3 is 10.0 Å². The number of hydrogen-bond acceptors (Lipinski definition) is 3. The van der Waals surface area contributed by atoms with E-state index >= 15 is 0 Å². The lowest BCUT2D eigenvalue weighted by molar-refractivity contribution is 0.417. The van der Waals surface area contributed by atoms with E-state index in [4.69, 9.17) is 11.6 Å². The number of benzene rings is 2. The second-order valence-corrected chi connectivity index (χ2v) is 7.15. The second kappa shape index (κ2) is 6.37. The van der Waals surface area contributed by atoms with Crippen molar-refractivity contribution < 1.29 is 5.11 Å². The van der Waals surface area contributed by atoms with Crippen LogP contribution in [0.1, 0.15) is 17.5 Å². The van der Waals surface area contributed by atoms with Crippen molar-refractivity contribution in [1.29, 1.82) is 0 Å². The minimum absolute atomic E-state index is 0.302. The Balaban J connectivity index is 2.08. The maximum absolute atomic E-state index is 9.75. The van der Waals surface area contributed by atoms with Gasteiger partial charge in [-0.3, -0.25) is 0 Å². The summed E-state index contributed by atoms with van der Waals surface area (Å²) in [7, 11) is 4.15. The van der Waals surface area contributed by atoms with E-state index in [2.05, 4.69) is 31.1 Å². The molecule has 2 nitrogen and oxygen atoms in total. The molecule has 1 aliphatic heterocycles. The fourth-order valence-corrected chi connectivity index (χ4v) is 3.86. The third kappa shape index (κ3) is 3.17. The van der Waals surface area contributed by atoms with E-state index in [1.165, 1.54) is 16.0 Å². The van der Waals surface area contributed by atoms with Crippen molar-refractivity contribution in [3.63, 3.8) is 0 Å². The summed E-state index contributed by atoms with van der Waals surface area (Å²) in [5.74, 6) is 0.302. The summed E-state index contributed by atoms with van der Waals surface area (Å²) in [6, 6.07) is 11.6. The fourth-order valence-electron chi connectivity index (χ4n) is 2.57. The van der Waals surface area contributed by atoms with Crippen LogP contribution >= 0.6 is 23.4 Å². The molecule has 0 unspecified atom stereocenters. The van der Waals surface area contributed by atoms with Crippen molar-refractivity contribution in [1.82, 2.24) is 4.90 Å². The highest BCUT2D eigenvalue weighted by atomic mass is 35.5. The lowest BCUT2D eigenvalue weighted by Crippen LogP contribution is -2.12. The first-order valence-corrected chi connectivity index (χ1v) is 8.40. The highest BCUT2D eigenvalue weighted by Crippen LogP contribution is 2.47. The predicted molar refractivity (Wildman–Crippen MR) is 93.9 cm³/mol. The first-order chi connectivity index (χ1) is 10.5. The number of rotatable bonds is 3. The van der Waals surface area contributed by atoms with Gasteiger partial charge >= 0.3 is 0 Å². The maximum Gasteiger partial charge on any atom is 0.116 e. The molecule has 0 radical (unpaired) electrons. The average molecular weight is 332 g/mol. The average Bonchev–Trinajstić information content (AvgIpc) is 2.46. The van der Waals surface area contributed by atoms with E-state index in [-0.39, 0.29) is 0 Å². The zero-order chi connectivity index (χ0) is 15.7. The summed E-state index contributed by atoms with van der Waals surface area (Å²) in [6.07, 6.45) is 3.24. The van der Waals surface area contributed by atoms with Crippen molar-refractivity contribution in [2.24, 2.45) is 0 Å². The second-order valence-electron chi connectivity index (χ2n) is 5.63. The summed E-state index contributed by atoms with van der Waals surface area (Å²) >= 11 is 7.87. The Morgan fingerprint density at radius 2 is 1.91 bits per heavy atom. The Morgan fingerprint density at radius 1 is 1.09 bits per heavy atom. The molecule has 1 heterocycles. The van der Waals surface area contributed by atoms with Crippen LogP contribution in [0.25, 0.3) is 5.57 Å². The van der Waals surface area contributed by atoms with Crippen LogP contribution in [0.5, 0.6) is 5.75 Å². The van der Waals surface area contributed by atoms with Crippen LogP contribution in [0, 0.1) is 0 Å². The number of phenols is 1. The van der Waals surface area contributed by atoms with E-state index < -0.39 is 0 Å². The van der Waals surface area contributed by atoms with E-state index in [1.807, 2.05) is 24.3 Å². The van der Waals surface area contributed by atoms with E-state index in [1.54, 1.807) is 17.8 Å². The minimum atomic E-state index is 0.302. The molecule has 1 aliphatic rings. The van der Waals surface area contributed by atoms with Crippen LogP contribution in [0.4, 0.5) is 0 Å². The quantitative estimate of drug-likeness (QED) is 0.739. The normalized spacial score (nSPS) is 15.0. The molecule has 0 atom stereocenters. The Labute approximate surface area is 140 Å². The smallest absolute Gasteiger partial charge is 0.116 e. The Morgan fingerprint density at radius 3 is 2.68 bits per heavy atom. The molecule has 3 rings (SSSR count). The van der Waals surface area contributed by atoms with Crippen LogP contribution < -0.4 is 0 Å². The van der Waals surface area contributed by atoms with E-state index in [0.717, 1.165) is 28.4 Å². The number of halogens is 1. The molecule has 1 N–H and O–H groups in total. The van der Waals surface area contributed by atoms with Gasteiger partial charge in [-0.1, -0.05) is 29.4 Å². The van der Waals surface area contributed by atoms with Crippen molar-refractivity contribution in [2.75, 3.05) is 20.6 Å². The van der Waals surface area contributed by atoms with Gasteiger partial charge in [0.25, 0.3) is 0 Å². The summed E-state index contributed by atoms with van der Waals surface area (Å²) in [5.41, 5.74) is 3.54. The topological polar surface area (TPSA) is 23.5 Å². The van der Waals surface area contributed by atoms with Crippen LogP contribution in [-0.2, 0) is 0 Å². The van der Waals surface area contributed by atoms with Crippen LogP contribution in [0.3, 0.4) is 0 Å². The molecule has 0 saturated carbocycles. The zero-order valence-corrected chi connectivity index (χ0v) is 14.2. The molecule has 0 fully saturated rings. The predicted octanol–water partition coefficient (Wildman–Crippen LogP) is 4.89. The third-order valence-corrected chi connectivity index (χ3v) is 5.00. The standard InChI is InChI=1S/C18H18ClNOS/c1-20(2)9-3-4-14-15-7-6-13(21)11-18(15)22-17-8-5-12(19)10-16(14)17/h4-8,10-11,21H,3,9H2,1-2H3/b14-4-. The van der Waals surface area contributed by atoms with Crippen molar-refractivity contribution in [2.45, 2.75) is 16.2 Å². The summed E-state index contributed by atoms with van der Waals surface area (Å²) in [6.45, 7) is 1.000. The van der Waals surface area contributed by atoms with Gasteiger partial charge in [-0.05, 0) is 73.6 Å². The number of aromatic hydroxyl groups is 1. The van der Waals surface area contributed by atoms with E-state index in [0.29, 0.717) is 5.75 Å². The van der Waals surface area contributed by atoms with Crippen molar-refractivity contribution >= 4 is 28.9 Å². The molecule has 0 spiro atoms.